The number of carbonyl (C=O) groups is 1. The minimum absolute atomic E-state index is 0.0912. The lowest BCUT2D eigenvalue weighted by molar-refractivity contribution is -0.135. The van der Waals surface area contributed by atoms with Crippen molar-refractivity contribution in [2.45, 2.75) is 25.9 Å². The summed E-state index contributed by atoms with van der Waals surface area (Å²) in [5.74, 6) is 0.821. The number of aromatic amines is 1. The molecule has 19 heavy (non-hydrogen) atoms. The van der Waals surface area contributed by atoms with Crippen LogP contribution in [0.25, 0.3) is 0 Å². The Bertz CT molecular complexity index is 393. The number of H-pyrrole nitrogens is 1. The molecule has 1 aliphatic heterocycles. The molecule has 6 heteroatoms. The van der Waals surface area contributed by atoms with Crippen molar-refractivity contribution in [2.75, 3.05) is 26.8 Å². The lowest BCUT2D eigenvalue weighted by Crippen LogP contribution is -2.44. The Morgan fingerprint density at radius 1 is 1.63 bits per heavy atom. The van der Waals surface area contributed by atoms with Crippen LogP contribution in [0, 0.1) is 5.92 Å². The molecule has 1 fully saturated rings. The highest BCUT2D eigenvalue weighted by Crippen LogP contribution is 2.17. The minimum atomic E-state index is -0.0912. The van der Waals surface area contributed by atoms with Gasteiger partial charge in [-0.15, -0.1) is 0 Å². The molecule has 1 aliphatic rings. The van der Waals surface area contributed by atoms with Crippen LogP contribution >= 0.6 is 0 Å². The number of ether oxygens (including phenoxy) is 1. The molecule has 2 atom stereocenters. The highest BCUT2D eigenvalue weighted by Gasteiger charge is 2.35. The summed E-state index contributed by atoms with van der Waals surface area (Å²) in [5, 5.41) is 3.38. The second-order valence-electron chi connectivity index (χ2n) is 4.93. The first kappa shape index (κ1) is 14.0. The van der Waals surface area contributed by atoms with Gasteiger partial charge in [-0.25, -0.2) is 4.98 Å². The highest BCUT2D eigenvalue weighted by atomic mass is 16.5. The van der Waals surface area contributed by atoms with Crippen LogP contribution < -0.4 is 5.32 Å². The van der Waals surface area contributed by atoms with E-state index in [1.54, 1.807) is 24.3 Å². The van der Waals surface area contributed by atoms with E-state index in [1.165, 1.54) is 0 Å². The quantitative estimate of drug-likeness (QED) is 0.781. The second-order valence-corrected chi connectivity index (χ2v) is 4.93. The fraction of sp³-hybridized carbons (Fsp3) is 0.692. The molecule has 0 saturated carbocycles. The van der Waals surface area contributed by atoms with Gasteiger partial charge in [-0.2, -0.15) is 0 Å². The van der Waals surface area contributed by atoms with Crippen molar-refractivity contribution in [3.63, 3.8) is 0 Å². The first-order chi connectivity index (χ1) is 9.22. The van der Waals surface area contributed by atoms with Gasteiger partial charge in [0, 0.05) is 25.5 Å². The molecule has 0 aromatic carbocycles. The van der Waals surface area contributed by atoms with Crippen LogP contribution in [0.3, 0.4) is 0 Å². The zero-order valence-corrected chi connectivity index (χ0v) is 11.6. The lowest BCUT2D eigenvalue weighted by Gasteiger charge is -2.23. The van der Waals surface area contributed by atoms with E-state index >= 15 is 0 Å². The van der Waals surface area contributed by atoms with Crippen molar-refractivity contribution in [3.05, 3.63) is 18.2 Å². The molecule has 1 saturated heterocycles. The smallest absolute Gasteiger partial charge is 0.229 e. The predicted molar refractivity (Wildman–Crippen MR) is 71.5 cm³/mol. The van der Waals surface area contributed by atoms with Crippen LogP contribution in [0.5, 0.6) is 0 Å². The summed E-state index contributed by atoms with van der Waals surface area (Å²) in [6.45, 7) is 4.65. The van der Waals surface area contributed by atoms with E-state index in [4.69, 9.17) is 4.74 Å². The van der Waals surface area contributed by atoms with Gasteiger partial charge in [-0.05, 0) is 13.0 Å². The zero-order valence-electron chi connectivity index (χ0n) is 11.6. The van der Waals surface area contributed by atoms with Gasteiger partial charge in [-0.1, -0.05) is 6.92 Å². The summed E-state index contributed by atoms with van der Waals surface area (Å²) >= 11 is 0. The molecule has 0 radical (unpaired) electrons. The average molecular weight is 266 g/mol. The number of imidazole rings is 1. The maximum absolute atomic E-state index is 12.4. The molecule has 1 amide bonds. The maximum Gasteiger partial charge on any atom is 0.229 e. The van der Waals surface area contributed by atoms with Gasteiger partial charge in [0.05, 0.1) is 25.7 Å². The van der Waals surface area contributed by atoms with Crippen molar-refractivity contribution in [1.82, 2.24) is 20.2 Å². The third kappa shape index (κ3) is 3.54. The predicted octanol–water partition coefficient (Wildman–Crippen LogP) is 0.383. The van der Waals surface area contributed by atoms with Gasteiger partial charge in [-0.3, -0.25) is 4.79 Å². The first-order valence-corrected chi connectivity index (χ1v) is 6.76. The fourth-order valence-electron chi connectivity index (χ4n) is 2.30. The van der Waals surface area contributed by atoms with Crippen molar-refractivity contribution >= 4 is 5.91 Å². The molecule has 1 aromatic rings. The van der Waals surface area contributed by atoms with E-state index in [0.29, 0.717) is 19.8 Å². The van der Waals surface area contributed by atoms with Gasteiger partial charge in [0.1, 0.15) is 5.82 Å². The third-order valence-corrected chi connectivity index (χ3v) is 3.37. The van der Waals surface area contributed by atoms with Gasteiger partial charge in [0.15, 0.2) is 0 Å². The summed E-state index contributed by atoms with van der Waals surface area (Å²) < 4.78 is 5.44. The summed E-state index contributed by atoms with van der Waals surface area (Å²) in [5.41, 5.74) is 0. The zero-order chi connectivity index (χ0) is 13.7. The molecule has 2 unspecified atom stereocenters. The molecule has 2 heterocycles. The van der Waals surface area contributed by atoms with Crippen LogP contribution in [0.4, 0.5) is 0 Å². The fourth-order valence-corrected chi connectivity index (χ4v) is 2.30. The Labute approximate surface area is 113 Å². The Morgan fingerprint density at radius 2 is 2.47 bits per heavy atom. The van der Waals surface area contributed by atoms with Crippen LogP contribution in [0.1, 0.15) is 19.2 Å². The van der Waals surface area contributed by atoms with Crippen LogP contribution in [-0.2, 0) is 16.1 Å². The molecule has 6 nitrogen and oxygen atoms in total. The molecular weight excluding hydrogens is 244 g/mol. The molecular formula is C13H22N4O2. The third-order valence-electron chi connectivity index (χ3n) is 3.37. The van der Waals surface area contributed by atoms with E-state index in [2.05, 4.69) is 22.2 Å². The molecule has 2 N–H and O–H groups in total. The maximum atomic E-state index is 12.4. The lowest BCUT2D eigenvalue weighted by atomic mass is 10.0. The summed E-state index contributed by atoms with van der Waals surface area (Å²) in [4.78, 5) is 21.3. The molecule has 0 bridgehead atoms. The topological polar surface area (TPSA) is 70.2 Å². The van der Waals surface area contributed by atoms with Crippen molar-refractivity contribution in [1.29, 1.82) is 0 Å². The number of amides is 1. The average Bonchev–Trinajstić information content (AvgIpc) is 3.06. The Hall–Kier alpha value is -1.40. The van der Waals surface area contributed by atoms with Crippen LogP contribution in [-0.4, -0.2) is 53.6 Å². The van der Waals surface area contributed by atoms with E-state index in [-0.39, 0.29) is 17.9 Å². The summed E-state index contributed by atoms with van der Waals surface area (Å²) in [6, 6.07) is 0.131. The Balaban J connectivity index is 1.90. The normalized spacial score (nSPS) is 22.6. The Kier molecular flexibility index (Phi) is 4.93. The first-order valence-electron chi connectivity index (χ1n) is 6.76. The summed E-state index contributed by atoms with van der Waals surface area (Å²) in [7, 11) is 1.81. The van der Waals surface area contributed by atoms with Crippen LogP contribution in [0.2, 0.25) is 0 Å². The van der Waals surface area contributed by atoms with Crippen molar-refractivity contribution < 1.29 is 9.53 Å². The number of aromatic nitrogens is 2. The number of rotatable bonds is 6. The second kappa shape index (κ2) is 6.68. The van der Waals surface area contributed by atoms with Crippen molar-refractivity contribution in [2.24, 2.45) is 5.92 Å². The van der Waals surface area contributed by atoms with Crippen LogP contribution in [0.15, 0.2) is 12.4 Å². The molecule has 106 valence electrons. The monoisotopic (exact) mass is 266 g/mol. The number of nitrogens with one attached hydrogen (secondary N) is 2. The standard InChI is InChI=1S/C13H22N4O2/c1-3-4-14-11-9-19-8-10(11)13(18)17(2)7-12-15-5-6-16-12/h5-6,10-11,14H,3-4,7-9H2,1-2H3,(H,15,16). The number of hydrogen-bond acceptors (Lipinski definition) is 4. The molecule has 0 aliphatic carbocycles. The summed E-state index contributed by atoms with van der Waals surface area (Å²) in [6.07, 6.45) is 4.51. The minimum Gasteiger partial charge on any atom is -0.379 e. The number of carbonyl (C=O) groups excluding carboxylic acids is 1. The molecule has 1 aromatic heterocycles. The van der Waals surface area contributed by atoms with E-state index in [0.717, 1.165) is 18.8 Å². The van der Waals surface area contributed by atoms with E-state index < -0.39 is 0 Å². The van der Waals surface area contributed by atoms with E-state index in [9.17, 15) is 4.79 Å². The number of hydrogen-bond donors (Lipinski definition) is 2. The Morgan fingerprint density at radius 3 is 3.16 bits per heavy atom. The van der Waals surface area contributed by atoms with Gasteiger partial charge in [0.2, 0.25) is 5.91 Å². The van der Waals surface area contributed by atoms with Gasteiger partial charge in [0.25, 0.3) is 0 Å². The molecule has 0 spiro atoms. The highest BCUT2D eigenvalue weighted by molar-refractivity contribution is 5.79. The largest absolute Gasteiger partial charge is 0.379 e. The molecule has 2 rings (SSSR count). The van der Waals surface area contributed by atoms with Gasteiger partial charge >= 0.3 is 0 Å². The SMILES string of the molecule is CCCNC1COCC1C(=O)N(C)Cc1ncc[nH]1. The van der Waals surface area contributed by atoms with Crippen molar-refractivity contribution in [3.8, 4) is 0 Å². The van der Waals surface area contributed by atoms with E-state index in [1.807, 2.05) is 0 Å². The van der Waals surface area contributed by atoms with Gasteiger partial charge < -0.3 is 19.9 Å². The number of nitrogens with zero attached hydrogens (tertiary/aromatic N) is 2.